The summed E-state index contributed by atoms with van der Waals surface area (Å²) in [4.78, 5) is 0. The van der Waals surface area contributed by atoms with E-state index in [1.165, 1.54) is 24.3 Å². The zero-order valence-corrected chi connectivity index (χ0v) is 9.81. The van der Waals surface area contributed by atoms with Gasteiger partial charge in [-0.05, 0) is 48.2 Å². The lowest BCUT2D eigenvalue weighted by Gasteiger charge is -2.10. The van der Waals surface area contributed by atoms with E-state index in [0.29, 0.717) is 12.8 Å². The molecule has 0 amide bonds. The van der Waals surface area contributed by atoms with Gasteiger partial charge in [0.25, 0.3) is 0 Å². The summed E-state index contributed by atoms with van der Waals surface area (Å²) in [6.07, 6.45) is 0.357. The number of halogens is 2. The summed E-state index contributed by atoms with van der Waals surface area (Å²) in [5, 5.41) is 9.91. The van der Waals surface area contributed by atoms with Gasteiger partial charge < -0.3 is 5.11 Å². The zero-order valence-electron chi connectivity index (χ0n) is 9.81. The predicted octanol–water partition coefficient (Wildman–Crippen LogP) is 3.11. The molecular formula is C15H14F2O. The van der Waals surface area contributed by atoms with Crippen molar-refractivity contribution in [3.8, 4) is 0 Å². The van der Waals surface area contributed by atoms with Crippen molar-refractivity contribution in [2.24, 2.45) is 0 Å². The van der Waals surface area contributed by atoms with Crippen LogP contribution in [-0.4, -0.2) is 11.2 Å². The van der Waals surface area contributed by atoms with Crippen LogP contribution < -0.4 is 0 Å². The molecule has 0 saturated heterocycles. The predicted molar refractivity (Wildman–Crippen MR) is 66.2 cm³/mol. The first-order valence-electron chi connectivity index (χ1n) is 5.80. The van der Waals surface area contributed by atoms with Gasteiger partial charge in [-0.15, -0.1) is 0 Å². The van der Waals surface area contributed by atoms with E-state index in [0.717, 1.165) is 11.1 Å². The molecule has 2 aromatic carbocycles. The summed E-state index contributed by atoms with van der Waals surface area (Å²) in [5.74, 6) is -0.571. The first-order valence-corrected chi connectivity index (χ1v) is 5.80. The van der Waals surface area contributed by atoms with Crippen LogP contribution in [0.3, 0.4) is 0 Å². The maximum absolute atomic E-state index is 12.7. The lowest BCUT2D eigenvalue weighted by atomic mass is 10.0. The third kappa shape index (κ3) is 3.64. The van der Waals surface area contributed by atoms with Gasteiger partial charge in [0.2, 0.25) is 0 Å². The number of benzene rings is 2. The Balaban J connectivity index is 1.94. The molecule has 0 aliphatic heterocycles. The van der Waals surface area contributed by atoms with Gasteiger partial charge >= 0.3 is 0 Å². The van der Waals surface area contributed by atoms with E-state index in [-0.39, 0.29) is 11.6 Å². The van der Waals surface area contributed by atoms with Gasteiger partial charge in [0, 0.05) is 0 Å². The molecule has 18 heavy (non-hydrogen) atoms. The van der Waals surface area contributed by atoms with Crippen molar-refractivity contribution in [1.29, 1.82) is 0 Å². The minimum absolute atomic E-state index is 0.285. The van der Waals surface area contributed by atoms with Crippen LogP contribution in [0, 0.1) is 11.6 Å². The molecule has 94 valence electrons. The molecule has 1 N–H and O–H groups in total. The second-order valence-corrected chi connectivity index (χ2v) is 4.32. The maximum atomic E-state index is 12.7. The summed E-state index contributed by atoms with van der Waals surface area (Å²) >= 11 is 0. The van der Waals surface area contributed by atoms with Crippen LogP contribution in [-0.2, 0) is 12.8 Å². The standard InChI is InChI=1S/C15H14F2O/c16-13-5-1-11(2-6-13)9-15(18)10-12-3-7-14(17)8-4-12/h1-8,15,18H,9-10H2. The Kier molecular flexibility index (Phi) is 4.05. The minimum atomic E-state index is -0.555. The molecule has 2 rings (SSSR count). The normalized spacial score (nSPS) is 10.9. The van der Waals surface area contributed by atoms with Crippen molar-refractivity contribution >= 4 is 0 Å². The van der Waals surface area contributed by atoms with E-state index in [4.69, 9.17) is 0 Å². The van der Waals surface area contributed by atoms with E-state index in [9.17, 15) is 13.9 Å². The highest BCUT2D eigenvalue weighted by Gasteiger charge is 2.07. The molecule has 0 aliphatic carbocycles. The fraction of sp³-hybridized carbons (Fsp3) is 0.200. The Bertz CT molecular complexity index is 443. The first-order chi connectivity index (χ1) is 8.63. The van der Waals surface area contributed by atoms with Crippen molar-refractivity contribution in [3.63, 3.8) is 0 Å². The van der Waals surface area contributed by atoms with Crippen molar-refractivity contribution in [1.82, 2.24) is 0 Å². The number of hydrogen-bond acceptors (Lipinski definition) is 1. The highest BCUT2D eigenvalue weighted by atomic mass is 19.1. The molecule has 0 spiro atoms. The number of hydrogen-bond donors (Lipinski definition) is 1. The van der Waals surface area contributed by atoms with Gasteiger partial charge in [0.05, 0.1) is 6.10 Å². The molecule has 0 atom stereocenters. The van der Waals surface area contributed by atoms with Crippen LogP contribution in [0.15, 0.2) is 48.5 Å². The average Bonchev–Trinajstić information content (AvgIpc) is 2.35. The van der Waals surface area contributed by atoms with Crippen LogP contribution in [0.4, 0.5) is 8.78 Å². The number of aliphatic hydroxyl groups is 1. The topological polar surface area (TPSA) is 20.2 Å². The molecule has 0 fully saturated rings. The first kappa shape index (κ1) is 12.7. The molecule has 0 saturated carbocycles. The Labute approximate surface area is 105 Å². The fourth-order valence-electron chi connectivity index (χ4n) is 1.86. The van der Waals surface area contributed by atoms with E-state index in [1.54, 1.807) is 24.3 Å². The zero-order chi connectivity index (χ0) is 13.0. The van der Waals surface area contributed by atoms with Gasteiger partial charge in [-0.2, -0.15) is 0 Å². The van der Waals surface area contributed by atoms with Gasteiger partial charge in [0.15, 0.2) is 0 Å². The van der Waals surface area contributed by atoms with Crippen molar-refractivity contribution in [3.05, 3.63) is 71.3 Å². The fourth-order valence-corrected chi connectivity index (χ4v) is 1.86. The Morgan fingerprint density at radius 3 is 1.39 bits per heavy atom. The molecule has 0 aliphatic rings. The van der Waals surface area contributed by atoms with Crippen molar-refractivity contribution in [2.45, 2.75) is 18.9 Å². The molecule has 2 aromatic rings. The largest absolute Gasteiger partial charge is 0.392 e. The maximum Gasteiger partial charge on any atom is 0.123 e. The number of aliphatic hydroxyl groups excluding tert-OH is 1. The molecule has 0 heterocycles. The van der Waals surface area contributed by atoms with Crippen LogP contribution in [0.5, 0.6) is 0 Å². The molecule has 0 radical (unpaired) electrons. The third-order valence-corrected chi connectivity index (χ3v) is 2.77. The quantitative estimate of drug-likeness (QED) is 0.881. The highest BCUT2D eigenvalue weighted by Crippen LogP contribution is 2.11. The number of rotatable bonds is 4. The van der Waals surface area contributed by atoms with Gasteiger partial charge in [-0.1, -0.05) is 24.3 Å². The minimum Gasteiger partial charge on any atom is -0.392 e. The summed E-state index contributed by atoms with van der Waals surface area (Å²) in [7, 11) is 0. The molecule has 0 aromatic heterocycles. The smallest absolute Gasteiger partial charge is 0.123 e. The molecule has 0 unspecified atom stereocenters. The van der Waals surface area contributed by atoms with Crippen LogP contribution >= 0.6 is 0 Å². The second kappa shape index (κ2) is 5.74. The summed E-state index contributed by atoms with van der Waals surface area (Å²) in [5.41, 5.74) is 1.76. The van der Waals surface area contributed by atoms with Gasteiger partial charge in [-0.25, -0.2) is 8.78 Å². The monoisotopic (exact) mass is 248 g/mol. The molecule has 3 heteroatoms. The summed E-state index contributed by atoms with van der Waals surface area (Å²) in [6.45, 7) is 0. The summed E-state index contributed by atoms with van der Waals surface area (Å²) in [6, 6.07) is 12.1. The molecule has 1 nitrogen and oxygen atoms in total. The van der Waals surface area contributed by atoms with E-state index < -0.39 is 6.10 Å². The Hall–Kier alpha value is -1.74. The lowest BCUT2D eigenvalue weighted by molar-refractivity contribution is 0.175. The molecule has 0 bridgehead atoms. The average molecular weight is 248 g/mol. The van der Waals surface area contributed by atoms with Gasteiger partial charge in [0.1, 0.15) is 11.6 Å². The van der Waals surface area contributed by atoms with E-state index >= 15 is 0 Å². The SMILES string of the molecule is OC(Cc1ccc(F)cc1)Cc1ccc(F)cc1. The van der Waals surface area contributed by atoms with Crippen molar-refractivity contribution in [2.75, 3.05) is 0 Å². The summed E-state index contributed by atoms with van der Waals surface area (Å²) < 4.78 is 25.4. The van der Waals surface area contributed by atoms with Crippen LogP contribution in [0.2, 0.25) is 0 Å². The van der Waals surface area contributed by atoms with Crippen LogP contribution in [0.25, 0.3) is 0 Å². The van der Waals surface area contributed by atoms with E-state index in [1.807, 2.05) is 0 Å². The third-order valence-electron chi connectivity index (χ3n) is 2.77. The van der Waals surface area contributed by atoms with Crippen molar-refractivity contribution < 1.29 is 13.9 Å². The van der Waals surface area contributed by atoms with Gasteiger partial charge in [-0.3, -0.25) is 0 Å². The lowest BCUT2D eigenvalue weighted by Crippen LogP contribution is -2.13. The Morgan fingerprint density at radius 2 is 1.06 bits per heavy atom. The van der Waals surface area contributed by atoms with E-state index in [2.05, 4.69) is 0 Å². The molecular weight excluding hydrogens is 234 g/mol. The second-order valence-electron chi connectivity index (χ2n) is 4.32. The van der Waals surface area contributed by atoms with Crippen LogP contribution in [0.1, 0.15) is 11.1 Å². The highest BCUT2D eigenvalue weighted by molar-refractivity contribution is 5.20. The Morgan fingerprint density at radius 1 is 0.722 bits per heavy atom.